The van der Waals surface area contributed by atoms with E-state index in [2.05, 4.69) is 5.32 Å². The number of halogens is 1. The van der Waals surface area contributed by atoms with Gasteiger partial charge in [0.05, 0.1) is 11.9 Å². The van der Waals surface area contributed by atoms with Crippen LogP contribution in [0.5, 0.6) is 11.5 Å². The summed E-state index contributed by atoms with van der Waals surface area (Å²) >= 11 is 6.05. The Kier molecular flexibility index (Phi) is 5.24. The average molecular weight is 397 g/mol. The van der Waals surface area contributed by atoms with Gasteiger partial charge in [0.15, 0.2) is 11.5 Å². The van der Waals surface area contributed by atoms with E-state index >= 15 is 0 Å². The average Bonchev–Trinajstić information content (AvgIpc) is 3.05. The summed E-state index contributed by atoms with van der Waals surface area (Å²) in [6, 6.07) is 11.8. The Hall–Kier alpha value is -2.45. The van der Waals surface area contributed by atoms with Crippen molar-refractivity contribution >= 4 is 33.2 Å². The lowest BCUT2D eigenvalue weighted by atomic mass is 10.2. The van der Waals surface area contributed by atoms with Crippen molar-refractivity contribution in [1.82, 2.24) is 5.32 Å². The minimum Gasteiger partial charge on any atom is -0.454 e. The molecule has 1 aliphatic rings. The molecule has 0 fully saturated rings. The van der Waals surface area contributed by atoms with Crippen LogP contribution in [-0.4, -0.2) is 33.9 Å². The fourth-order valence-electron chi connectivity index (χ4n) is 2.46. The molecule has 0 saturated heterocycles. The summed E-state index contributed by atoms with van der Waals surface area (Å²) in [6.45, 7) is -0.0733. The number of nitrogens with zero attached hydrogens (tertiary/aromatic N) is 1. The summed E-state index contributed by atoms with van der Waals surface area (Å²) < 4.78 is 35.8. The molecule has 9 heteroatoms. The molecule has 1 aliphatic heterocycles. The monoisotopic (exact) mass is 396 g/mol. The molecule has 0 spiro atoms. The molecule has 7 nitrogen and oxygen atoms in total. The first-order valence-electron chi connectivity index (χ1n) is 7.72. The van der Waals surface area contributed by atoms with Crippen molar-refractivity contribution in [2.24, 2.45) is 0 Å². The fraction of sp³-hybridized carbons (Fsp3) is 0.235. The second-order valence-corrected chi connectivity index (χ2v) is 7.99. The van der Waals surface area contributed by atoms with E-state index in [-0.39, 0.29) is 19.9 Å². The molecule has 0 bridgehead atoms. The second-order valence-electron chi connectivity index (χ2n) is 5.68. The first kappa shape index (κ1) is 18.3. The predicted molar refractivity (Wildman–Crippen MR) is 98.1 cm³/mol. The first-order valence-corrected chi connectivity index (χ1v) is 9.95. The van der Waals surface area contributed by atoms with Gasteiger partial charge < -0.3 is 14.8 Å². The Bertz CT molecular complexity index is 933. The smallest absolute Gasteiger partial charge is 0.241 e. The molecule has 0 atom stereocenters. The molecule has 3 rings (SSSR count). The lowest BCUT2D eigenvalue weighted by Gasteiger charge is -2.22. The van der Waals surface area contributed by atoms with Gasteiger partial charge >= 0.3 is 0 Å². The largest absolute Gasteiger partial charge is 0.454 e. The molecule has 2 aromatic carbocycles. The van der Waals surface area contributed by atoms with Gasteiger partial charge in [-0.2, -0.15) is 0 Å². The highest BCUT2D eigenvalue weighted by atomic mass is 35.5. The maximum atomic E-state index is 12.3. The van der Waals surface area contributed by atoms with Crippen LogP contribution in [0.25, 0.3) is 0 Å². The zero-order chi connectivity index (χ0) is 18.7. The summed E-state index contributed by atoms with van der Waals surface area (Å²) in [5, 5.41) is 3.21. The Morgan fingerprint density at radius 3 is 2.65 bits per heavy atom. The van der Waals surface area contributed by atoms with Crippen molar-refractivity contribution in [3.8, 4) is 11.5 Å². The number of ether oxygens (including phenoxy) is 2. The Morgan fingerprint density at radius 1 is 1.19 bits per heavy atom. The van der Waals surface area contributed by atoms with Gasteiger partial charge in [0, 0.05) is 17.6 Å². The van der Waals surface area contributed by atoms with Crippen molar-refractivity contribution in [2.75, 3.05) is 23.9 Å². The summed E-state index contributed by atoms with van der Waals surface area (Å²) in [4.78, 5) is 12.3. The normalized spacial score (nSPS) is 12.7. The van der Waals surface area contributed by atoms with Crippen LogP contribution in [0.4, 0.5) is 5.69 Å². The van der Waals surface area contributed by atoms with Gasteiger partial charge in [0.1, 0.15) is 6.54 Å². The van der Waals surface area contributed by atoms with E-state index < -0.39 is 15.9 Å². The summed E-state index contributed by atoms with van der Waals surface area (Å²) in [5.74, 6) is 0.519. The van der Waals surface area contributed by atoms with E-state index in [0.717, 1.165) is 16.1 Å². The first-order chi connectivity index (χ1) is 12.3. The van der Waals surface area contributed by atoms with Gasteiger partial charge in [-0.1, -0.05) is 29.8 Å². The minimum absolute atomic E-state index is 0.0793. The fourth-order valence-corrected chi connectivity index (χ4v) is 3.51. The van der Waals surface area contributed by atoms with Gasteiger partial charge in [0.2, 0.25) is 22.7 Å². The molecule has 1 N–H and O–H groups in total. The van der Waals surface area contributed by atoms with Crippen molar-refractivity contribution in [3.63, 3.8) is 0 Å². The maximum absolute atomic E-state index is 12.3. The molecule has 0 unspecified atom stereocenters. The molecule has 1 amide bonds. The number of fused-ring (bicyclic) bond motifs is 1. The number of benzene rings is 2. The molecule has 0 saturated carbocycles. The van der Waals surface area contributed by atoms with E-state index in [9.17, 15) is 13.2 Å². The van der Waals surface area contributed by atoms with Crippen molar-refractivity contribution < 1.29 is 22.7 Å². The number of anilines is 1. The number of hydrogen-bond donors (Lipinski definition) is 1. The Morgan fingerprint density at radius 2 is 1.92 bits per heavy atom. The second kappa shape index (κ2) is 7.43. The van der Waals surface area contributed by atoms with Gasteiger partial charge in [-0.25, -0.2) is 8.42 Å². The van der Waals surface area contributed by atoms with Crippen LogP contribution in [0.1, 0.15) is 5.56 Å². The van der Waals surface area contributed by atoms with E-state index in [1.807, 2.05) is 6.07 Å². The SMILES string of the molecule is CS(=O)(=O)N(CC(=O)NCc1ccccc1Cl)c1ccc2c(c1)OCO2. The van der Waals surface area contributed by atoms with Gasteiger partial charge in [-0.05, 0) is 23.8 Å². The Labute approximate surface area is 156 Å². The van der Waals surface area contributed by atoms with Crippen LogP contribution in [0, 0.1) is 0 Å². The van der Waals surface area contributed by atoms with Gasteiger partial charge in [0.25, 0.3) is 0 Å². The van der Waals surface area contributed by atoms with Crippen LogP contribution in [0.15, 0.2) is 42.5 Å². The molecule has 26 heavy (non-hydrogen) atoms. The number of hydrogen-bond acceptors (Lipinski definition) is 5. The lowest BCUT2D eigenvalue weighted by Crippen LogP contribution is -2.40. The molecule has 0 radical (unpaired) electrons. The zero-order valence-electron chi connectivity index (χ0n) is 13.9. The van der Waals surface area contributed by atoms with Crippen molar-refractivity contribution in [1.29, 1.82) is 0 Å². The Balaban J connectivity index is 1.73. The number of carbonyl (C=O) groups is 1. The minimum atomic E-state index is -3.67. The van der Waals surface area contributed by atoms with E-state index in [1.165, 1.54) is 6.07 Å². The third-order valence-corrected chi connectivity index (χ3v) is 5.27. The van der Waals surface area contributed by atoms with Crippen LogP contribution < -0.4 is 19.1 Å². The molecule has 0 aromatic heterocycles. The lowest BCUT2D eigenvalue weighted by molar-refractivity contribution is -0.119. The van der Waals surface area contributed by atoms with E-state index in [4.69, 9.17) is 21.1 Å². The highest BCUT2D eigenvalue weighted by Crippen LogP contribution is 2.36. The number of carbonyl (C=O) groups excluding carboxylic acids is 1. The highest BCUT2D eigenvalue weighted by molar-refractivity contribution is 7.92. The number of amides is 1. The third kappa shape index (κ3) is 4.20. The van der Waals surface area contributed by atoms with E-state index in [1.54, 1.807) is 30.3 Å². The molecule has 1 heterocycles. The van der Waals surface area contributed by atoms with Crippen LogP contribution in [0.2, 0.25) is 5.02 Å². The van der Waals surface area contributed by atoms with Crippen LogP contribution >= 0.6 is 11.6 Å². The summed E-state index contributed by atoms with van der Waals surface area (Å²) in [7, 11) is -3.67. The van der Waals surface area contributed by atoms with E-state index in [0.29, 0.717) is 22.2 Å². The molecule has 138 valence electrons. The molecular formula is C17H17ClN2O5S. The summed E-state index contributed by atoms with van der Waals surface area (Å²) in [5.41, 5.74) is 1.07. The standard InChI is InChI=1S/C17H17ClN2O5S/c1-26(22,23)20(13-6-7-15-16(8-13)25-11-24-15)10-17(21)19-9-12-4-2-3-5-14(12)18/h2-8H,9-11H2,1H3,(H,19,21). The summed E-state index contributed by atoms with van der Waals surface area (Å²) in [6.07, 6.45) is 1.04. The topological polar surface area (TPSA) is 84.9 Å². The quantitative estimate of drug-likeness (QED) is 0.808. The number of sulfonamides is 1. The van der Waals surface area contributed by atoms with Crippen LogP contribution in [0.3, 0.4) is 0 Å². The number of nitrogens with one attached hydrogen (secondary N) is 1. The molecular weight excluding hydrogens is 380 g/mol. The van der Waals surface area contributed by atoms with Gasteiger partial charge in [-0.15, -0.1) is 0 Å². The predicted octanol–water partition coefficient (Wildman–Crippen LogP) is 2.15. The molecule has 0 aliphatic carbocycles. The van der Waals surface area contributed by atoms with Crippen LogP contribution in [-0.2, 0) is 21.4 Å². The zero-order valence-corrected chi connectivity index (χ0v) is 15.5. The van der Waals surface area contributed by atoms with Gasteiger partial charge in [-0.3, -0.25) is 9.10 Å². The number of rotatable bonds is 6. The van der Waals surface area contributed by atoms with Crippen molar-refractivity contribution in [2.45, 2.75) is 6.54 Å². The third-order valence-electron chi connectivity index (χ3n) is 3.77. The highest BCUT2D eigenvalue weighted by Gasteiger charge is 2.23. The maximum Gasteiger partial charge on any atom is 0.241 e. The van der Waals surface area contributed by atoms with Crippen molar-refractivity contribution in [3.05, 3.63) is 53.1 Å². The molecule has 2 aromatic rings.